The lowest BCUT2D eigenvalue weighted by Gasteiger charge is -2.31. The van der Waals surface area contributed by atoms with Gasteiger partial charge in [0.05, 0.1) is 29.5 Å². The van der Waals surface area contributed by atoms with Gasteiger partial charge in [0, 0.05) is 26.2 Å². The highest BCUT2D eigenvalue weighted by Gasteiger charge is 2.28. The Kier molecular flexibility index (Phi) is 7.75. The maximum Gasteiger partial charge on any atom is 0.262 e. The topological polar surface area (TPSA) is 88.2 Å². The van der Waals surface area contributed by atoms with Crippen molar-refractivity contribution in [1.82, 2.24) is 4.31 Å². The van der Waals surface area contributed by atoms with Gasteiger partial charge in [-0.1, -0.05) is 6.07 Å². The quantitative estimate of drug-likeness (QED) is 0.645. The number of morpholine rings is 1. The fourth-order valence-corrected chi connectivity index (χ4v) is 5.70. The number of benzene rings is 2. The molecule has 0 unspecified atom stereocenters. The van der Waals surface area contributed by atoms with Gasteiger partial charge in [0.15, 0.2) is 6.61 Å². The van der Waals surface area contributed by atoms with E-state index in [2.05, 4.69) is 10.2 Å². The SMILES string of the molecule is Cc1ccc(OCC(=O)Nc2cc(S(=O)(=O)N3CCOCC3)ccc2N2CCCCC2)cc1C. The van der Waals surface area contributed by atoms with E-state index in [9.17, 15) is 13.2 Å². The van der Waals surface area contributed by atoms with Crippen LogP contribution in [0.25, 0.3) is 0 Å². The summed E-state index contributed by atoms with van der Waals surface area (Å²) in [6.45, 7) is 7.00. The van der Waals surface area contributed by atoms with Crippen LogP contribution in [0.3, 0.4) is 0 Å². The highest BCUT2D eigenvalue weighted by Crippen LogP contribution is 2.32. The van der Waals surface area contributed by atoms with E-state index in [0.29, 0.717) is 37.7 Å². The van der Waals surface area contributed by atoms with Crippen molar-refractivity contribution in [2.75, 3.05) is 56.2 Å². The number of amides is 1. The van der Waals surface area contributed by atoms with Crippen LogP contribution in [0.4, 0.5) is 11.4 Å². The lowest BCUT2D eigenvalue weighted by molar-refractivity contribution is -0.118. The predicted molar refractivity (Wildman–Crippen MR) is 132 cm³/mol. The minimum Gasteiger partial charge on any atom is -0.484 e. The number of hydrogen-bond donors (Lipinski definition) is 1. The number of ether oxygens (including phenoxy) is 2. The maximum absolute atomic E-state index is 13.2. The Bertz CT molecular complexity index is 1120. The molecule has 8 nitrogen and oxygen atoms in total. The van der Waals surface area contributed by atoms with Crippen molar-refractivity contribution in [2.45, 2.75) is 38.0 Å². The first-order chi connectivity index (χ1) is 16.3. The molecule has 0 bridgehead atoms. The summed E-state index contributed by atoms with van der Waals surface area (Å²) in [5.41, 5.74) is 3.57. The number of hydrogen-bond acceptors (Lipinski definition) is 6. The van der Waals surface area contributed by atoms with Gasteiger partial charge in [-0.3, -0.25) is 4.79 Å². The molecule has 9 heteroatoms. The molecule has 1 N–H and O–H groups in total. The van der Waals surface area contributed by atoms with Crippen LogP contribution in [0, 0.1) is 13.8 Å². The van der Waals surface area contributed by atoms with Crippen molar-refractivity contribution in [1.29, 1.82) is 0 Å². The van der Waals surface area contributed by atoms with Crippen molar-refractivity contribution in [3.63, 3.8) is 0 Å². The van der Waals surface area contributed by atoms with Crippen LogP contribution < -0.4 is 15.0 Å². The molecular formula is C25H33N3O5S. The van der Waals surface area contributed by atoms with Crippen LogP contribution in [0.1, 0.15) is 30.4 Å². The first-order valence-electron chi connectivity index (χ1n) is 11.8. The number of piperidine rings is 1. The molecule has 2 aliphatic heterocycles. The Morgan fingerprint density at radius 3 is 2.41 bits per heavy atom. The van der Waals surface area contributed by atoms with E-state index in [1.54, 1.807) is 18.2 Å². The number of rotatable bonds is 7. The molecule has 4 rings (SSSR count). The second-order valence-corrected chi connectivity index (χ2v) is 10.8. The summed E-state index contributed by atoms with van der Waals surface area (Å²) in [7, 11) is -3.68. The monoisotopic (exact) mass is 487 g/mol. The van der Waals surface area contributed by atoms with Crippen LogP contribution in [-0.4, -0.2) is 64.6 Å². The molecule has 0 atom stereocenters. The van der Waals surface area contributed by atoms with Gasteiger partial charge >= 0.3 is 0 Å². The third-order valence-corrected chi connectivity index (χ3v) is 8.29. The van der Waals surface area contributed by atoms with Crippen molar-refractivity contribution < 1.29 is 22.7 Å². The van der Waals surface area contributed by atoms with Gasteiger partial charge < -0.3 is 19.7 Å². The number of carbonyl (C=O) groups excluding carboxylic acids is 1. The summed E-state index contributed by atoms with van der Waals surface area (Å²) < 4.78 is 38.8. The smallest absolute Gasteiger partial charge is 0.262 e. The molecule has 2 aromatic carbocycles. The zero-order valence-electron chi connectivity index (χ0n) is 19.9. The first kappa shape index (κ1) is 24.5. The van der Waals surface area contributed by atoms with Gasteiger partial charge in [0.1, 0.15) is 5.75 Å². The van der Waals surface area contributed by atoms with E-state index < -0.39 is 10.0 Å². The van der Waals surface area contributed by atoms with E-state index in [1.807, 2.05) is 32.0 Å². The number of nitrogens with zero attached hydrogens (tertiary/aromatic N) is 2. The lowest BCUT2D eigenvalue weighted by Crippen LogP contribution is -2.40. The summed E-state index contributed by atoms with van der Waals surface area (Å²) in [5.74, 6) is 0.288. The van der Waals surface area contributed by atoms with Crippen LogP contribution in [0.2, 0.25) is 0 Å². The van der Waals surface area contributed by atoms with Crippen molar-refractivity contribution in [3.8, 4) is 5.75 Å². The fourth-order valence-electron chi connectivity index (χ4n) is 4.26. The van der Waals surface area contributed by atoms with E-state index in [1.165, 1.54) is 10.7 Å². The average Bonchev–Trinajstić information content (AvgIpc) is 2.86. The Labute approximate surface area is 201 Å². The van der Waals surface area contributed by atoms with Crippen LogP contribution in [-0.2, 0) is 19.6 Å². The molecule has 0 radical (unpaired) electrons. The zero-order chi connectivity index (χ0) is 24.1. The van der Waals surface area contributed by atoms with Crippen LogP contribution in [0.15, 0.2) is 41.3 Å². The van der Waals surface area contributed by atoms with Crippen LogP contribution >= 0.6 is 0 Å². The Hall–Kier alpha value is -2.62. The van der Waals surface area contributed by atoms with Gasteiger partial charge in [0.2, 0.25) is 10.0 Å². The molecule has 34 heavy (non-hydrogen) atoms. The second kappa shape index (κ2) is 10.8. The summed E-state index contributed by atoms with van der Waals surface area (Å²) in [5, 5.41) is 2.91. The molecule has 2 fully saturated rings. The van der Waals surface area contributed by atoms with Gasteiger partial charge in [-0.15, -0.1) is 0 Å². The summed E-state index contributed by atoms with van der Waals surface area (Å²) in [6, 6.07) is 10.7. The molecule has 0 spiro atoms. The Balaban J connectivity index is 1.55. The molecule has 0 aromatic heterocycles. The predicted octanol–water partition coefficient (Wildman–Crippen LogP) is 3.33. The molecule has 0 aliphatic carbocycles. The maximum atomic E-state index is 13.2. The Morgan fingerprint density at radius 2 is 1.71 bits per heavy atom. The fraction of sp³-hybridized carbons (Fsp3) is 0.480. The van der Waals surface area contributed by atoms with Crippen LogP contribution in [0.5, 0.6) is 5.75 Å². The number of sulfonamides is 1. The normalized spacial score (nSPS) is 17.4. The van der Waals surface area contributed by atoms with Gasteiger partial charge in [-0.2, -0.15) is 4.31 Å². The number of anilines is 2. The molecular weight excluding hydrogens is 454 g/mol. The number of nitrogens with one attached hydrogen (secondary N) is 1. The van der Waals surface area contributed by atoms with E-state index in [0.717, 1.165) is 42.7 Å². The second-order valence-electron chi connectivity index (χ2n) is 8.83. The summed E-state index contributed by atoms with van der Waals surface area (Å²) >= 11 is 0. The zero-order valence-corrected chi connectivity index (χ0v) is 20.7. The highest BCUT2D eigenvalue weighted by molar-refractivity contribution is 7.89. The summed E-state index contributed by atoms with van der Waals surface area (Å²) in [4.78, 5) is 15.2. The molecule has 2 saturated heterocycles. The van der Waals surface area contributed by atoms with Gasteiger partial charge in [-0.05, 0) is 74.6 Å². The first-order valence-corrected chi connectivity index (χ1v) is 13.3. The number of aryl methyl sites for hydroxylation is 2. The van der Waals surface area contributed by atoms with Gasteiger partial charge in [-0.25, -0.2) is 8.42 Å². The highest BCUT2D eigenvalue weighted by atomic mass is 32.2. The molecule has 1 amide bonds. The average molecular weight is 488 g/mol. The molecule has 2 heterocycles. The van der Waals surface area contributed by atoms with E-state index in [-0.39, 0.29) is 17.4 Å². The largest absolute Gasteiger partial charge is 0.484 e. The molecule has 2 aliphatic rings. The third-order valence-electron chi connectivity index (χ3n) is 6.39. The lowest BCUT2D eigenvalue weighted by atomic mass is 10.1. The number of carbonyl (C=O) groups is 1. The van der Waals surface area contributed by atoms with E-state index >= 15 is 0 Å². The summed E-state index contributed by atoms with van der Waals surface area (Å²) in [6.07, 6.45) is 3.31. The van der Waals surface area contributed by atoms with Gasteiger partial charge in [0.25, 0.3) is 5.91 Å². The van der Waals surface area contributed by atoms with Crippen molar-refractivity contribution >= 4 is 27.3 Å². The third kappa shape index (κ3) is 5.71. The molecule has 0 saturated carbocycles. The minimum atomic E-state index is -3.68. The van der Waals surface area contributed by atoms with Crippen molar-refractivity contribution in [3.05, 3.63) is 47.5 Å². The van der Waals surface area contributed by atoms with E-state index in [4.69, 9.17) is 9.47 Å². The van der Waals surface area contributed by atoms with Crippen molar-refractivity contribution in [2.24, 2.45) is 0 Å². The Morgan fingerprint density at radius 1 is 0.971 bits per heavy atom. The molecule has 184 valence electrons. The molecule has 2 aromatic rings. The standard InChI is InChI=1S/C25H33N3O5S/c1-19-6-7-21(16-20(19)2)33-18-25(29)26-23-17-22(34(30,31)28-12-14-32-15-13-28)8-9-24(23)27-10-4-3-5-11-27/h6-9,16-17H,3-5,10-15,18H2,1-2H3,(H,26,29). The minimum absolute atomic E-state index is 0.164.